The minimum Gasteiger partial charge on any atom is -0.398 e. The van der Waals surface area contributed by atoms with Crippen LogP contribution in [0, 0.1) is 0 Å². The zero-order valence-electron chi connectivity index (χ0n) is 9.79. The number of rotatable bonds is 0. The van der Waals surface area contributed by atoms with Crippen LogP contribution in [0.5, 0.6) is 0 Å². The molecular weight excluding hydrogens is 254 g/mol. The summed E-state index contributed by atoms with van der Waals surface area (Å²) >= 11 is 6.17. The Morgan fingerprint density at radius 3 is 2.72 bits per heavy atom. The van der Waals surface area contributed by atoms with Crippen molar-refractivity contribution in [3.63, 3.8) is 0 Å². The third-order valence-corrected chi connectivity index (χ3v) is 4.36. The van der Waals surface area contributed by atoms with E-state index in [0.29, 0.717) is 23.6 Å². The number of nitrogen functional groups attached to an aromatic ring is 1. The summed E-state index contributed by atoms with van der Waals surface area (Å²) in [6, 6.07) is 3.24. The van der Waals surface area contributed by atoms with Gasteiger partial charge in [-0.2, -0.15) is 0 Å². The molecule has 1 aliphatic heterocycles. The number of carbonyl (C=O) groups excluding carboxylic acids is 2. The number of hydrogen-bond donors (Lipinski definition) is 2. The second kappa shape index (κ2) is 3.38. The predicted molar refractivity (Wildman–Crippen MR) is 67.3 cm³/mol. The van der Waals surface area contributed by atoms with E-state index in [1.165, 1.54) is 4.90 Å². The number of amides is 3. The number of benzene rings is 1. The van der Waals surface area contributed by atoms with Crippen molar-refractivity contribution in [2.45, 2.75) is 18.4 Å². The van der Waals surface area contributed by atoms with E-state index in [0.717, 1.165) is 11.1 Å². The van der Waals surface area contributed by atoms with Crippen molar-refractivity contribution < 1.29 is 9.59 Å². The van der Waals surface area contributed by atoms with Gasteiger partial charge in [-0.15, -0.1) is 0 Å². The zero-order valence-corrected chi connectivity index (χ0v) is 10.5. The van der Waals surface area contributed by atoms with E-state index in [2.05, 4.69) is 5.32 Å². The number of nitrogens with zero attached hydrogens (tertiary/aromatic N) is 1. The van der Waals surface area contributed by atoms with E-state index in [9.17, 15) is 9.59 Å². The van der Waals surface area contributed by atoms with Gasteiger partial charge in [0, 0.05) is 19.9 Å². The molecular formula is C12H12ClN3O2. The SMILES string of the molecule is CN1C(=O)NC(=O)C12Cc1ccc(N)c(Cl)c1C2. The molecule has 1 aromatic carbocycles. The number of imide groups is 1. The van der Waals surface area contributed by atoms with E-state index in [-0.39, 0.29) is 11.9 Å². The summed E-state index contributed by atoms with van der Waals surface area (Å²) in [5, 5.41) is 2.83. The maximum absolute atomic E-state index is 12.0. The first kappa shape index (κ1) is 11.3. The molecule has 1 atom stereocenters. The molecule has 94 valence electrons. The highest BCUT2D eigenvalue weighted by Crippen LogP contribution is 2.41. The van der Waals surface area contributed by atoms with E-state index in [4.69, 9.17) is 17.3 Å². The van der Waals surface area contributed by atoms with E-state index >= 15 is 0 Å². The number of urea groups is 1. The molecule has 1 spiro atoms. The van der Waals surface area contributed by atoms with Gasteiger partial charge in [0.15, 0.2) is 0 Å². The Hall–Kier alpha value is -1.75. The van der Waals surface area contributed by atoms with Gasteiger partial charge in [0.25, 0.3) is 5.91 Å². The molecule has 6 heteroatoms. The minimum absolute atomic E-state index is 0.263. The monoisotopic (exact) mass is 265 g/mol. The smallest absolute Gasteiger partial charge is 0.324 e. The molecule has 1 saturated heterocycles. The first-order chi connectivity index (χ1) is 8.45. The lowest BCUT2D eigenvalue weighted by atomic mass is 9.95. The Kier molecular flexibility index (Phi) is 2.13. The van der Waals surface area contributed by atoms with Crippen LogP contribution in [0.1, 0.15) is 11.1 Å². The van der Waals surface area contributed by atoms with Gasteiger partial charge >= 0.3 is 6.03 Å². The fourth-order valence-corrected chi connectivity index (χ4v) is 3.00. The number of anilines is 1. The van der Waals surface area contributed by atoms with Crippen molar-refractivity contribution >= 4 is 29.2 Å². The van der Waals surface area contributed by atoms with Crippen molar-refractivity contribution in [3.8, 4) is 0 Å². The summed E-state index contributed by atoms with van der Waals surface area (Å²) in [4.78, 5) is 25.1. The van der Waals surface area contributed by atoms with E-state index in [1.54, 1.807) is 13.1 Å². The molecule has 0 radical (unpaired) electrons. The Morgan fingerprint density at radius 2 is 2.11 bits per heavy atom. The second-order valence-corrected chi connectivity index (χ2v) is 5.19. The predicted octanol–water partition coefficient (Wildman–Crippen LogP) is 0.941. The highest BCUT2D eigenvalue weighted by atomic mass is 35.5. The van der Waals surface area contributed by atoms with E-state index < -0.39 is 5.54 Å². The summed E-state index contributed by atoms with van der Waals surface area (Å²) < 4.78 is 0. The number of nitrogens with two attached hydrogens (primary N) is 1. The molecule has 1 aliphatic carbocycles. The Labute approximate surface area is 109 Å². The van der Waals surface area contributed by atoms with Gasteiger partial charge in [-0.05, 0) is 17.2 Å². The van der Waals surface area contributed by atoms with Crippen LogP contribution in [0.25, 0.3) is 0 Å². The Bertz CT molecular complexity index is 587. The first-order valence-corrected chi connectivity index (χ1v) is 5.98. The fraction of sp³-hybridized carbons (Fsp3) is 0.333. The van der Waals surface area contributed by atoms with E-state index in [1.807, 2.05) is 6.07 Å². The van der Waals surface area contributed by atoms with Gasteiger partial charge in [-0.25, -0.2) is 4.79 Å². The number of carbonyl (C=O) groups is 2. The van der Waals surface area contributed by atoms with Crippen LogP contribution in [0.2, 0.25) is 5.02 Å². The number of fused-ring (bicyclic) bond motifs is 1. The van der Waals surface area contributed by atoms with Gasteiger partial charge in [0.1, 0.15) is 5.54 Å². The van der Waals surface area contributed by atoms with Gasteiger partial charge in [0.2, 0.25) is 0 Å². The lowest BCUT2D eigenvalue weighted by molar-refractivity contribution is -0.125. The van der Waals surface area contributed by atoms with Crippen LogP contribution in [0.15, 0.2) is 12.1 Å². The van der Waals surface area contributed by atoms with Crippen molar-refractivity contribution in [1.29, 1.82) is 0 Å². The highest BCUT2D eigenvalue weighted by molar-refractivity contribution is 6.34. The van der Waals surface area contributed by atoms with Gasteiger partial charge in [-0.1, -0.05) is 17.7 Å². The highest BCUT2D eigenvalue weighted by Gasteiger charge is 2.54. The second-order valence-electron chi connectivity index (χ2n) is 4.81. The van der Waals surface area contributed by atoms with Crippen molar-refractivity contribution in [1.82, 2.24) is 10.2 Å². The average molecular weight is 266 g/mol. The molecule has 3 N–H and O–H groups in total. The Morgan fingerprint density at radius 1 is 1.39 bits per heavy atom. The maximum Gasteiger partial charge on any atom is 0.324 e. The topological polar surface area (TPSA) is 75.4 Å². The average Bonchev–Trinajstić information content (AvgIpc) is 2.82. The quantitative estimate of drug-likeness (QED) is 0.541. The standard InChI is InChI=1S/C12H12ClN3O2/c1-16-11(18)15-10(17)12(16)4-6-2-3-8(14)9(13)7(6)5-12/h2-3H,4-5,14H2,1H3,(H,15,17,18). The summed E-state index contributed by atoms with van der Waals surface area (Å²) in [5.41, 5.74) is 7.27. The number of halogens is 1. The van der Waals surface area contributed by atoms with Gasteiger partial charge in [-0.3, -0.25) is 10.1 Å². The molecule has 3 amide bonds. The van der Waals surface area contributed by atoms with Crippen molar-refractivity contribution in [3.05, 3.63) is 28.3 Å². The third kappa shape index (κ3) is 1.22. The molecule has 1 aromatic rings. The normalized spacial score (nSPS) is 25.8. The number of likely N-dealkylation sites (N-methyl/N-ethyl adjacent to an activating group) is 1. The zero-order chi connectivity index (χ0) is 13.1. The molecule has 0 bridgehead atoms. The van der Waals surface area contributed by atoms with Gasteiger partial charge in [0.05, 0.1) is 10.7 Å². The first-order valence-electron chi connectivity index (χ1n) is 5.61. The molecule has 18 heavy (non-hydrogen) atoms. The van der Waals surface area contributed by atoms with Gasteiger partial charge < -0.3 is 10.6 Å². The molecule has 2 aliphatic rings. The summed E-state index contributed by atoms with van der Waals surface area (Å²) in [5.74, 6) is -0.263. The molecule has 0 aromatic heterocycles. The van der Waals surface area contributed by atoms with Crippen LogP contribution >= 0.6 is 11.6 Å². The fourth-order valence-electron chi connectivity index (χ4n) is 2.75. The van der Waals surface area contributed by atoms with Crippen molar-refractivity contribution in [2.75, 3.05) is 12.8 Å². The van der Waals surface area contributed by atoms with Crippen molar-refractivity contribution in [2.24, 2.45) is 0 Å². The van der Waals surface area contributed by atoms with Crippen LogP contribution in [0.3, 0.4) is 0 Å². The Balaban J connectivity index is 2.10. The van der Waals surface area contributed by atoms with Crippen LogP contribution < -0.4 is 11.1 Å². The largest absolute Gasteiger partial charge is 0.398 e. The summed E-state index contributed by atoms with van der Waals surface area (Å²) in [7, 11) is 1.63. The molecule has 1 unspecified atom stereocenters. The molecule has 0 saturated carbocycles. The maximum atomic E-state index is 12.0. The summed E-state index contributed by atoms with van der Waals surface area (Å²) in [6.45, 7) is 0. The number of nitrogens with one attached hydrogen (secondary N) is 1. The third-order valence-electron chi connectivity index (χ3n) is 3.91. The number of hydrogen-bond acceptors (Lipinski definition) is 3. The summed E-state index contributed by atoms with van der Waals surface area (Å²) in [6.07, 6.45) is 0.899. The minimum atomic E-state index is -0.836. The lowest BCUT2D eigenvalue weighted by Crippen LogP contribution is -2.48. The van der Waals surface area contributed by atoms with Crippen LogP contribution in [0.4, 0.5) is 10.5 Å². The van der Waals surface area contributed by atoms with Crippen LogP contribution in [-0.2, 0) is 17.6 Å². The molecule has 3 rings (SSSR count). The molecule has 1 heterocycles. The molecule has 5 nitrogen and oxygen atoms in total. The molecule has 1 fully saturated rings. The van der Waals surface area contributed by atoms with Crippen LogP contribution in [-0.4, -0.2) is 29.4 Å². The lowest BCUT2D eigenvalue weighted by Gasteiger charge is -2.27.